The number of aromatic nitrogens is 1. The van der Waals surface area contributed by atoms with Crippen molar-refractivity contribution >= 4 is 17.8 Å². The van der Waals surface area contributed by atoms with Crippen molar-refractivity contribution in [2.24, 2.45) is 0 Å². The maximum Gasteiger partial charge on any atom is 0.344 e. The van der Waals surface area contributed by atoms with Gasteiger partial charge in [0.2, 0.25) is 11.4 Å². The van der Waals surface area contributed by atoms with Crippen LogP contribution in [0.25, 0.3) is 0 Å². The molecule has 0 fully saturated rings. The summed E-state index contributed by atoms with van der Waals surface area (Å²) in [6.45, 7) is 7.80. The molecule has 140 valence electrons. The predicted octanol–water partition coefficient (Wildman–Crippen LogP) is 0.313. The van der Waals surface area contributed by atoms with Crippen LogP contribution < -0.4 is 10.9 Å². The number of rotatable bonds is 8. The molecule has 9 heteroatoms. The molecular formula is C16H24N2O7. The quantitative estimate of drug-likeness (QED) is 0.526. The number of nitrogens with one attached hydrogen (secondary N) is 1. The molecule has 1 rings (SSSR count). The average molecular weight is 356 g/mol. The molecule has 0 radical (unpaired) electrons. The lowest BCUT2D eigenvalue weighted by Gasteiger charge is -2.29. The Hall–Kier alpha value is -2.58. The van der Waals surface area contributed by atoms with E-state index in [1.165, 1.54) is 6.92 Å². The minimum atomic E-state index is -2.16. The zero-order valence-electron chi connectivity index (χ0n) is 15.1. The van der Waals surface area contributed by atoms with Crippen molar-refractivity contribution in [3.05, 3.63) is 21.7 Å². The molecule has 0 aliphatic rings. The molecule has 25 heavy (non-hydrogen) atoms. The van der Waals surface area contributed by atoms with Crippen molar-refractivity contribution < 1.29 is 28.4 Å². The fourth-order valence-corrected chi connectivity index (χ4v) is 2.42. The first kappa shape index (κ1) is 20.5. The van der Waals surface area contributed by atoms with E-state index in [1.807, 2.05) is 0 Å². The molecule has 0 atom stereocenters. The van der Waals surface area contributed by atoms with Crippen LogP contribution in [0.15, 0.2) is 9.32 Å². The molecule has 9 nitrogen and oxygen atoms in total. The van der Waals surface area contributed by atoms with E-state index in [2.05, 4.69) is 5.32 Å². The minimum Gasteiger partial charge on any atom is -0.464 e. The lowest BCUT2D eigenvalue weighted by atomic mass is 9.90. The van der Waals surface area contributed by atoms with Crippen molar-refractivity contribution in [3.8, 4) is 0 Å². The standard InChI is InChI=1S/C16H24N2O7/c1-6-18-13(20)12(10(4)25-18)9-16(17-11(5)19,14(21)23-7-2)15(22)24-8-3/h6-9H2,1-5H3,(H,17,19). The van der Waals surface area contributed by atoms with Gasteiger partial charge in [-0.05, 0) is 27.7 Å². The van der Waals surface area contributed by atoms with Gasteiger partial charge >= 0.3 is 11.9 Å². The Kier molecular flexibility index (Phi) is 6.96. The number of carbonyl (C=O) groups is 3. The second kappa shape index (κ2) is 8.50. The monoisotopic (exact) mass is 356 g/mol. The molecule has 1 amide bonds. The molecule has 0 saturated heterocycles. The topological polar surface area (TPSA) is 117 Å². The summed E-state index contributed by atoms with van der Waals surface area (Å²) in [5, 5.41) is 2.31. The number of nitrogens with zero attached hydrogens (tertiary/aromatic N) is 1. The Balaban J connectivity index is 3.50. The van der Waals surface area contributed by atoms with E-state index in [0.717, 1.165) is 11.7 Å². The Bertz CT molecular complexity index is 684. The smallest absolute Gasteiger partial charge is 0.344 e. The Morgan fingerprint density at radius 3 is 2.00 bits per heavy atom. The molecule has 0 bridgehead atoms. The second-order valence-corrected chi connectivity index (χ2v) is 5.33. The van der Waals surface area contributed by atoms with Crippen LogP contribution >= 0.6 is 0 Å². The summed E-state index contributed by atoms with van der Waals surface area (Å²) in [7, 11) is 0. The van der Waals surface area contributed by atoms with Gasteiger partial charge in [-0.25, -0.2) is 9.59 Å². The van der Waals surface area contributed by atoms with E-state index in [0.29, 0.717) is 0 Å². The van der Waals surface area contributed by atoms with Crippen LogP contribution in [0.5, 0.6) is 0 Å². The van der Waals surface area contributed by atoms with E-state index in [4.69, 9.17) is 14.0 Å². The number of ether oxygens (including phenoxy) is 2. The number of hydrogen-bond donors (Lipinski definition) is 1. The molecule has 0 aliphatic carbocycles. The van der Waals surface area contributed by atoms with E-state index in [9.17, 15) is 19.2 Å². The van der Waals surface area contributed by atoms with E-state index >= 15 is 0 Å². The molecule has 1 aromatic heterocycles. The average Bonchev–Trinajstić information content (AvgIpc) is 2.81. The summed E-state index contributed by atoms with van der Waals surface area (Å²) in [5.41, 5.74) is -2.54. The summed E-state index contributed by atoms with van der Waals surface area (Å²) in [6.07, 6.45) is -0.425. The zero-order chi connectivity index (χ0) is 19.2. The largest absolute Gasteiger partial charge is 0.464 e. The minimum absolute atomic E-state index is 0.0108. The van der Waals surface area contributed by atoms with Crippen LogP contribution in [0.1, 0.15) is 39.0 Å². The van der Waals surface area contributed by atoms with Gasteiger partial charge in [-0.15, -0.1) is 0 Å². The lowest BCUT2D eigenvalue weighted by molar-refractivity contribution is -0.168. The third-order valence-corrected chi connectivity index (χ3v) is 3.52. The number of esters is 2. The molecule has 0 aromatic carbocycles. The van der Waals surface area contributed by atoms with Gasteiger partial charge in [0.25, 0.3) is 5.56 Å². The third-order valence-electron chi connectivity index (χ3n) is 3.52. The molecule has 0 spiro atoms. The number of amides is 1. The van der Waals surface area contributed by atoms with Crippen LogP contribution in [-0.2, 0) is 36.8 Å². The van der Waals surface area contributed by atoms with Crippen molar-refractivity contribution in [2.45, 2.75) is 53.1 Å². The Morgan fingerprint density at radius 2 is 1.64 bits per heavy atom. The SMILES string of the molecule is CCOC(=O)C(Cc1c(C)on(CC)c1=O)(NC(C)=O)C(=O)OCC. The third kappa shape index (κ3) is 4.28. The fraction of sp³-hybridized carbons (Fsp3) is 0.625. The van der Waals surface area contributed by atoms with E-state index in [-0.39, 0.29) is 31.1 Å². The van der Waals surface area contributed by atoms with Gasteiger partial charge in [-0.2, -0.15) is 4.74 Å². The van der Waals surface area contributed by atoms with Gasteiger partial charge in [0.15, 0.2) is 0 Å². The Labute approximate surface area is 145 Å². The summed E-state index contributed by atoms with van der Waals surface area (Å²) in [4.78, 5) is 49.1. The number of aryl methyl sites for hydroxylation is 2. The number of carbonyl (C=O) groups excluding carboxylic acids is 3. The van der Waals surface area contributed by atoms with Gasteiger partial charge in [-0.1, -0.05) is 0 Å². The van der Waals surface area contributed by atoms with Crippen LogP contribution in [0.2, 0.25) is 0 Å². The lowest BCUT2D eigenvalue weighted by Crippen LogP contribution is -2.63. The summed E-state index contributed by atoms with van der Waals surface area (Å²) < 4.78 is 16.3. The molecular weight excluding hydrogens is 332 g/mol. The van der Waals surface area contributed by atoms with Crippen molar-refractivity contribution in [1.82, 2.24) is 10.1 Å². The molecule has 1 heterocycles. The summed E-state index contributed by atoms with van der Waals surface area (Å²) >= 11 is 0. The van der Waals surface area contributed by atoms with Gasteiger partial charge in [0.1, 0.15) is 5.76 Å². The molecule has 0 aliphatic heterocycles. The molecule has 1 aromatic rings. The zero-order valence-corrected chi connectivity index (χ0v) is 15.1. The van der Waals surface area contributed by atoms with Crippen molar-refractivity contribution in [2.75, 3.05) is 13.2 Å². The second-order valence-electron chi connectivity index (χ2n) is 5.33. The van der Waals surface area contributed by atoms with Crippen LogP contribution in [0, 0.1) is 6.92 Å². The summed E-state index contributed by atoms with van der Waals surface area (Å²) in [6, 6.07) is 0. The van der Waals surface area contributed by atoms with Gasteiger partial charge in [0.05, 0.1) is 25.3 Å². The first-order valence-corrected chi connectivity index (χ1v) is 8.06. The van der Waals surface area contributed by atoms with Gasteiger partial charge in [0, 0.05) is 13.3 Å². The normalized spacial score (nSPS) is 11.1. The fourth-order valence-electron chi connectivity index (χ4n) is 2.42. The highest BCUT2D eigenvalue weighted by molar-refractivity contribution is 6.08. The van der Waals surface area contributed by atoms with E-state index < -0.39 is 35.4 Å². The van der Waals surface area contributed by atoms with Crippen LogP contribution in [0.3, 0.4) is 0 Å². The highest BCUT2D eigenvalue weighted by Gasteiger charge is 2.51. The maximum absolute atomic E-state index is 12.5. The van der Waals surface area contributed by atoms with Gasteiger partial charge < -0.3 is 19.3 Å². The predicted molar refractivity (Wildman–Crippen MR) is 86.9 cm³/mol. The molecule has 0 unspecified atom stereocenters. The van der Waals surface area contributed by atoms with Crippen molar-refractivity contribution in [1.29, 1.82) is 0 Å². The first-order chi connectivity index (χ1) is 11.7. The number of hydrogen-bond acceptors (Lipinski definition) is 7. The maximum atomic E-state index is 12.5. The van der Waals surface area contributed by atoms with Crippen molar-refractivity contribution in [3.63, 3.8) is 0 Å². The Morgan fingerprint density at radius 1 is 1.12 bits per heavy atom. The first-order valence-electron chi connectivity index (χ1n) is 8.06. The van der Waals surface area contributed by atoms with Crippen LogP contribution in [0.4, 0.5) is 0 Å². The van der Waals surface area contributed by atoms with Gasteiger partial charge in [-0.3, -0.25) is 9.59 Å². The highest BCUT2D eigenvalue weighted by Crippen LogP contribution is 2.19. The summed E-state index contributed by atoms with van der Waals surface area (Å²) in [5.74, 6) is -2.38. The highest BCUT2D eigenvalue weighted by atomic mass is 16.6. The molecule has 1 N–H and O–H groups in total. The molecule has 0 saturated carbocycles. The van der Waals surface area contributed by atoms with Crippen LogP contribution in [-0.4, -0.2) is 41.3 Å². The van der Waals surface area contributed by atoms with E-state index in [1.54, 1.807) is 20.8 Å².